The number of benzene rings is 1. The lowest BCUT2D eigenvalue weighted by molar-refractivity contribution is 0.527. The number of nitrogens with two attached hydrogens (primary N) is 1. The van der Waals surface area contributed by atoms with Crippen LogP contribution in [0.4, 0.5) is 10.1 Å². The van der Waals surface area contributed by atoms with Gasteiger partial charge in [0.2, 0.25) is 0 Å². The highest BCUT2D eigenvalue weighted by molar-refractivity contribution is 7.80. The predicted molar refractivity (Wildman–Crippen MR) is 79.4 cm³/mol. The van der Waals surface area contributed by atoms with Crippen molar-refractivity contribution in [3.05, 3.63) is 29.6 Å². The summed E-state index contributed by atoms with van der Waals surface area (Å²) < 4.78 is 13.7. The SMILES string of the molecule is CC(C)CCC(C)Nc1cccc(F)c1C(N)=S. The van der Waals surface area contributed by atoms with Gasteiger partial charge in [-0.15, -0.1) is 0 Å². The molecule has 100 valence electrons. The molecule has 0 fully saturated rings. The van der Waals surface area contributed by atoms with Gasteiger partial charge in [-0.25, -0.2) is 4.39 Å². The van der Waals surface area contributed by atoms with Crippen molar-refractivity contribution >= 4 is 22.9 Å². The molecule has 1 aromatic carbocycles. The summed E-state index contributed by atoms with van der Waals surface area (Å²) in [6, 6.07) is 5.11. The van der Waals surface area contributed by atoms with Gasteiger partial charge in [-0.05, 0) is 37.8 Å². The van der Waals surface area contributed by atoms with Crippen molar-refractivity contribution in [2.24, 2.45) is 11.7 Å². The van der Waals surface area contributed by atoms with E-state index in [1.54, 1.807) is 6.07 Å². The second-order valence-electron chi connectivity index (χ2n) is 5.04. The smallest absolute Gasteiger partial charge is 0.135 e. The molecule has 0 spiro atoms. The van der Waals surface area contributed by atoms with E-state index >= 15 is 0 Å². The number of nitrogens with one attached hydrogen (secondary N) is 1. The fourth-order valence-electron chi connectivity index (χ4n) is 1.82. The second kappa shape index (κ2) is 6.69. The molecule has 0 radical (unpaired) electrons. The zero-order valence-corrected chi connectivity index (χ0v) is 12.0. The van der Waals surface area contributed by atoms with Crippen molar-refractivity contribution in [2.45, 2.75) is 39.7 Å². The summed E-state index contributed by atoms with van der Waals surface area (Å²) in [7, 11) is 0. The summed E-state index contributed by atoms with van der Waals surface area (Å²) in [5.41, 5.74) is 6.55. The molecule has 0 aliphatic heterocycles. The third kappa shape index (κ3) is 4.26. The minimum Gasteiger partial charge on any atom is -0.389 e. The van der Waals surface area contributed by atoms with Crippen molar-refractivity contribution < 1.29 is 4.39 Å². The third-order valence-electron chi connectivity index (χ3n) is 2.84. The molecular weight excluding hydrogens is 247 g/mol. The molecule has 0 saturated heterocycles. The van der Waals surface area contributed by atoms with Gasteiger partial charge in [0.1, 0.15) is 10.8 Å². The first-order valence-electron chi connectivity index (χ1n) is 6.26. The molecular formula is C14H21FN2S. The lowest BCUT2D eigenvalue weighted by atomic mass is 10.0. The first-order chi connectivity index (χ1) is 8.41. The van der Waals surface area contributed by atoms with E-state index in [1.807, 2.05) is 6.07 Å². The Morgan fingerprint density at radius 3 is 2.56 bits per heavy atom. The Hall–Kier alpha value is -1.16. The van der Waals surface area contributed by atoms with Crippen LogP contribution in [0.1, 0.15) is 39.2 Å². The van der Waals surface area contributed by atoms with Crippen LogP contribution in [0.25, 0.3) is 0 Å². The summed E-state index contributed by atoms with van der Waals surface area (Å²) in [4.78, 5) is 0.0895. The molecule has 0 aliphatic rings. The molecule has 1 aromatic rings. The maximum absolute atomic E-state index is 13.7. The topological polar surface area (TPSA) is 38.0 Å². The zero-order chi connectivity index (χ0) is 13.7. The molecule has 0 aromatic heterocycles. The van der Waals surface area contributed by atoms with E-state index in [4.69, 9.17) is 18.0 Å². The van der Waals surface area contributed by atoms with Gasteiger partial charge < -0.3 is 11.1 Å². The lowest BCUT2D eigenvalue weighted by Gasteiger charge is -2.19. The minimum atomic E-state index is -0.372. The van der Waals surface area contributed by atoms with Crippen molar-refractivity contribution in [1.29, 1.82) is 0 Å². The van der Waals surface area contributed by atoms with Gasteiger partial charge in [0.25, 0.3) is 0 Å². The summed E-state index contributed by atoms with van der Waals surface area (Å²) in [5.74, 6) is 0.292. The molecule has 0 saturated carbocycles. The fraction of sp³-hybridized carbons (Fsp3) is 0.500. The van der Waals surface area contributed by atoms with Gasteiger partial charge in [0.15, 0.2) is 0 Å². The van der Waals surface area contributed by atoms with Crippen molar-refractivity contribution in [2.75, 3.05) is 5.32 Å². The number of anilines is 1. The van der Waals surface area contributed by atoms with Crippen LogP contribution in [0, 0.1) is 11.7 Å². The van der Waals surface area contributed by atoms with E-state index < -0.39 is 0 Å². The molecule has 1 unspecified atom stereocenters. The van der Waals surface area contributed by atoms with Gasteiger partial charge in [-0.2, -0.15) is 0 Å². The largest absolute Gasteiger partial charge is 0.389 e. The van der Waals surface area contributed by atoms with E-state index in [0.717, 1.165) is 12.8 Å². The fourth-order valence-corrected chi connectivity index (χ4v) is 2.02. The Balaban J connectivity index is 2.78. The Bertz CT molecular complexity index is 418. The predicted octanol–water partition coefficient (Wildman–Crippen LogP) is 3.70. The van der Waals surface area contributed by atoms with Gasteiger partial charge >= 0.3 is 0 Å². The summed E-state index contributed by atoms with van der Waals surface area (Å²) in [6.07, 6.45) is 2.16. The molecule has 0 aliphatic carbocycles. The quantitative estimate of drug-likeness (QED) is 0.773. The molecule has 2 nitrogen and oxygen atoms in total. The molecule has 3 N–H and O–H groups in total. The standard InChI is InChI=1S/C14H21FN2S/c1-9(2)7-8-10(3)17-12-6-4-5-11(15)13(12)14(16)18/h4-6,9-10,17H,7-8H2,1-3H3,(H2,16,18). The zero-order valence-electron chi connectivity index (χ0n) is 11.2. The van der Waals surface area contributed by atoms with E-state index in [1.165, 1.54) is 6.07 Å². The van der Waals surface area contributed by atoms with Gasteiger partial charge in [-0.3, -0.25) is 0 Å². The lowest BCUT2D eigenvalue weighted by Crippen LogP contribution is -2.21. The summed E-state index contributed by atoms with van der Waals surface area (Å²) in [6.45, 7) is 6.46. The maximum Gasteiger partial charge on any atom is 0.135 e. The number of thiocarbonyl (C=S) groups is 1. The van der Waals surface area contributed by atoms with E-state index in [-0.39, 0.29) is 16.8 Å². The van der Waals surface area contributed by atoms with E-state index in [0.29, 0.717) is 17.2 Å². The third-order valence-corrected chi connectivity index (χ3v) is 3.04. The number of halogens is 1. The molecule has 0 bridgehead atoms. The number of rotatable bonds is 6. The molecule has 4 heteroatoms. The summed E-state index contributed by atoms with van der Waals surface area (Å²) in [5, 5.41) is 3.28. The van der Waals surface area contributed by atoms with Crippen molar-refractivity contribution in [1.82, 2.24) is 0 Å². The number of hydrogen-bond donors (Lipinski definition) is 2. The number of hydrogen-bond acceptors (Lipinski definition) is 2. The van der Waals surface area contributed by atoms with Crippen LogP contribution in [0.2, 0.25) is 0 Å². The van der Waals surface area contributed by atoms with Crippen LogP contribution in [-0.2, 0) is 0 Å². The Labute approximate surface area is 114 Å². The minimum absolute atomic E-state index is 0.0895. The van der Waals surface area contributed by atoms with Crippen LogP contribution in [0.5, 0.6) is 0 Å². The van der Waals surface area contributed by atoms with Crippen molar-refractivity contribution in [3.63, 3.8) is 0 Å². The van der Waals surface area contributed by atoms with Crippen LogP contribution in [0.15, 0.2) is 18.2 Å². The molecule has 1 atom stereocenters. The van der Waals surface area contributed by atoms with Crippen LogP contribution < -0.4 is 11.1 Å². The average Bonchev–Trinajstić information content (AvgIpc) is 2.26. The first kappa shape index (κ1) is 14.9. The molecule has 0 heterocycles. The first-order valence-corrected chi connectivity index (χ1v) is 6.67. The summed E-state index contributed by atoms with van der Waals surface area (Å²) >= 11 is 4.89. The van der Waals surface area contributed by atoms with Gasteiger partial charge in [0.05, 0.1) is 5.56 Å². The molecule has 18 heavy (non-hydrogen) atoms. The van der Waals surface area contributed by atoms with Crippen molar-refractivity contribution in [3.8, 4) is 0 Å². The van der Waals surface area contributed by atoms with E-state index in [2.05, 4.69) is 26.1 Å². The van der Waals surface area contributed by atoms with Crippen LogP contribution >= 0.6 is 12.2 Å². The average molecular weight is 268 g/mol. The highest BCUT2D eigenvalue weighted by Gasteiger charge is 2.13. The highest BCUT2D eigenvalue weighted by atomic mass is 32.1. The van der Waals surface area contributed by atoms with Crippen LogP contribution in [0.3, 0.4) is 0 Å². The molecule has 1 rings (SSSR count). The monoisotopic (exact) mass is 268 g/mol. The van der Waals surface area contributed by atoms with E-state index in [9.17, 15) is 4.39 Å². The maximum atomic E-state index is 13.7. The molecule has 0 amide bonds. The Morgan fingerprint density at radius 2 is 2.00 bits per heavy atom. The van der Waals surface area contributed by atoms with Gasteiger partial charge in [0, 0.05) is 11.7 Å². The highest BCUT2D eigenvalue weighted by Crippen LogP contribution is 2.21. The Kier molecular flexibility index (Phi) is 5.54. The van der Waals surface area contributed by atoms with Crippen LogP contribution in [-0.4, -0.2) is 11.0 Å². The van der Waals surface area contributed by atoms with Gasteiger partial charge in [-0.1, -0.05) is 32.1 Å². The second-order valence-corrected chi connectivity index (χ2v) is 5.48. The Morgan fingerprint density at radius 1 is 1.33 bits per heavy atom. The normalized spacial score (nSPS) is 12.5.